The van der Waals surface area contributed by atoms with Gasteiger partial charge in [-0.2, -0.15) is 0 Å². The van der Waals surface area contributed by atoms with Crippen molar-refractivity contribution in [1.29, 1.82) is 0 Å². The first-order valence-corrected chi connectivity index (χ1v) is 8.93. The second-order valence-electron chi connectivity index (χ2n) is 6.31. The number of para-hydroxylation sites is 1. The first-order chi connectivity index (χ1) is 13.1. The molecule has 0 bridgehead atoms. The van der Waals surface area contributed by atoms with Crippen LogP contribution in [0.2, 0.25) is 5.02 Å². The van der Waals surface area contributed by atoms with Crippen molar-refractivity contribution in [3.63, 3.8) is 0 Å². The lowest BCUT2D eigenvalue weighted by atomic mass is 10.1. The maximum Gasteiger partial charge on any atom is 0.256 e. The minimum atomic E-state index is -0.0938. The summed E-state index contributed by atoms with van der Waals surface area (Å²) in [6.45, 7) is 0.371. The zero-order chi connectivity index (χ0) is 18.8. The van der Waals surface area contributed by atoms with Crippen molar-refractivity contribution >= 4 is 28.4 Å². The molecule has 4 aromatic rings. The van der Waals surface area contributed by atoms with Crippen molar-refractivity contribution < 1.29 is 9.21 Å². The third kappa shape index (κ3) is 3.57. The van der Waals surface area contributed by atoms with Crippen LogP contribution in [0.4, 0.5) is 0 Å². The smallest absolute Gasteiger partial charge is 0.256 e. The first-order valence-electron chi connectivity index (χ1n) is 8.56. The minimum Gasteiger partial charge on any atom is -0.459 e. The number of amides is 1. The van der Waals surface area contributed by atoms with Crippen molar-refractivity contribution in [1.82, 2.24) is 9.88 Å². The average Bonchev–Trinajstić information content (AvgIpc) is 3.16. The maximum atomic E-state index is 12.9. The van der Waals surface area contributed by atoms with E-state index in [1.54, 1.807) is 24.2 Å². The van der Waals surface area contributed by atoms with Gasteiger partial charge in [0.15, 0.2) is 0 Å². The Morgan fingerprint density at radius 2 is 1.81 bits per heavy atom. The molecule has 0 saturated heterocycles. The number of rotatable bonds is 4. The van der Waals surface area contributed by atoms with E-state index in [0.29, 0.717) is 28.4 Å². The van der Waals surface area contributed by atoms with E-state index in [1.807, 2.05) is 60.7 Å². The van der Waals surface area contributed by atoms with Gasteiger partial charge in [-0.1, -0.05) is 29.8 Å². The summed E-state index contributed by atoms with van der Waals surface area (Å²) in [5, 5.41) is 1.62. The Labute approximate surface area is 162 Å². The molecule has 0 atom stereocenters. The number of benzene rings is 2. The van der Waals surface area contributed by atoms with E-state index in [2.05, 4.69) is 4.98 Å². The van der Waals surface area contributed by atoms with Crippen molar-refractivity contribution in [3.8, 4) is 11.3 Å². The van der Waals surface area contributed by atoms with Crippen LogP contribution in [0.15, 0.2) is 77.3 Å². The van der Waals surface area contributed by atoms with Gasteiger partial charge >= 0.3 is 0 Å². The molecule has 0 unspecified atom stereocenters. The standard InChI is InChI=1S/C22H17ClN2O2/c1-25(22(26)19-6-2-4-16-5-3-13-24-21(16)19)14-18-11-12-20(27-18)15-7-9-17(23)10-8-15/h2-13H,14H2,1H3. The number of carbonyl (C=O) groups excluding carboxylic acids is 1. The highest BCUT2D eigenvalue weighted by atomic mass is 35.5. The van der Waals surface area contributed by atoms with Gasteiger partial charge in [0.1, 0.15) is 11.5 Å². The average molecular weight is 377 g/mol. The van der Waals surface area contributed by atoms with Crippen LogP contribution in [0.5, 0.6) is 0 Å². The molecule has 0 spiro atoms. The largest absolute Gasteiger partial charge is 0.459 e. The van der Waals surface area contributed by atoms with Gasteiger partial charge in [0.05, 0.1) is 17.6 Å². The summed E-state index contributed by atoms with van der Waals surface area (Å²) in [6, 6.07) is 20.7. The number of furan rings is 1. The van der Waals surface area contributed by atoms with Gasteiger partial charge < -0.3 is 9.32 Å². The number of aromatic nitrogens is 1. The summed E-state index contributed by atoms with van der Waals surface area (Å²) >= 11 is 5.93. The van der Waals surface area contributed by atoms with Gasteiger partial charge in [0, 0.05) is 29.2 Å². The lowest BCUT2D eigenvalue weighted by molar-refractivity contribution is 0.0777. The predicted octanol–water partition coefficient (Wildman–Crippen LogP) is 5.42. The van der Waals surface area contributed by atoms with Crippen LogP contribution in [-0.4, -0.2) is 22.8 Å². The Morgan fingerprint density at radius 1 is 1.04 bits per heavy atom. The highest BCUT2D eigenvalue weighted by molar-refractivity contribution is 6.30. The summed E-state index contributed by atoms with van der Waals surface area (Å²) in [5.41, 5.74) is 2.23. The van der Waals surface area contributed by atoms with E-state index >= 15 is 0 Å². The predicted molar refractivity (Wildman–Crippen MR) is 107 cm³/mol. The topological polar surface area (TPSA) is 46.3 Å². The lowest BCUT2D eigenvalue weighted by Crippen LogP contribution is -2.26. The van der Waals surface area contributed by atoms with Crippen molar-refractivity contribution in [2.24, 2.45) is 0 Å². The summed E-state index contributed by atoms with van der Waals surface area (Å²) in [5.74, 6) is 1.36. The van der Waals surface area contributed by atoms with E-state index in [-0.39, 0.29) is 5.91 Å². The molecule has 0 N–H and O–H groups in total. The SMILES string of the molecule is CN(Cc1ccc(-c2ccc(Cl)cc2)o1)C(=O)c1cccc2cccnc12. The maximum absolute atomic E-state index is 12.9. The number of halogens is 1. The Kier molecular flexibility index (Phi) is 4.65. The molecule has 0 aliphatic heterocycles. The molecule has 27 heavy (non-hydrogen) atoms. The van der Waals surface area contributed by atoms with Crippen LogP contribution in [0.25, 0.3) is 22.2 Å². The second kappa shape index (κ2) is 7.25. The van der Waals surface area contributed by atoms with Crippen molar-refractivity contribution in [2.45, 2.75) is 6.54 Å². The van der Waals surface area contributed by atoms with Crippen molar-refractivity contribution in [2.75, 3.05) is 7.05 Å². The van der Waals surface area contributed by atoms with Crippen LogP contribution in [0.3, 0.4) is 0 Å². The van der Waals surface area contributed by atoms with Crippen LogP contribution in [-0.2, 0) is 6.54 Å². The minimum absolute atomic E-state index is 0.0938. The van der Waals surface area contributed by atoms with Gasteiger partial charge in [-0.05, 0) is 48.5 Å². The number of nitrogens with zero attached hydrogens (tertiary/aromatic N) is 2. The van der Waals surface area contributed by atoms with Crippen LogP contribution in [0, 0.1) is 0 Å². The Bertz CT molecular complexity index is 1100. The Balaban J connectivity index is 1.54. The van der Waals surface area contributed by atoms with E-state index in [0.717, 1.165) is 16.7 Å². The molecule has 2 heterocycles. The molecule has 0 aliphatic rings. The molecule has 4 rings (SSSR count). The Morgan fingerprint density at radius 3 is 2.63 bits per heavy atom. The monoisotopic (exact) mass is 376 g/mol. The van der Waals surface area contributed by atoms with Gasteiger partial charge in [-0.3, -0.25) is 9.78 Å². The molecular formula is C22H17ClN2O2. The molecule has 4 nitrogen and oxygen atoms in total. The summed E-state index contributed by atoms with van der Waals surface area (Å²) in [4.78, 5) is 18.9. The molecule has 0 fully saturated rings. The van der Waals surface area contributed by atoms with E-state index < -0.39 is 0 Å². The molecule has 5 heteroatoms. The number of fused-ring (bicyclic) bond motifs is 1. The van der Waals surface area contributed by atoms with E-state index in [1.165, 1.54) is 0 Å². The van der Waals surface area contributed by atoms with Crippen molar-refractivity contribution in [3.05, 3.63) is 89.3 Å². The Hall–Kier alpha value is -3.11. The summed E-state index contributed by atoms with van der Waals surface area (Å²) < 4.78 is 5.90. The molecule has 134 valence electrons. The van der Waals surface area contributed by atoms with Gasteiger partial charge in [-0.15, -0.1) is 0 Å². The zero-order valence-corrected chi connectivity index (χ0v) is 15.5. The third-order valence-electron chi connectivity index (χ3n) is 4.39. The normalized spacial score (nSPS) is 10.9. The quantitative estimate of drug-likeness (QED) is 0.477. The summed E-state index contributed by atoms with van der Waals surface area (Å²) in [6.07, 6.45) is 1.70. The lowest BCUT2D eigenvalue weighted by Gasteiger charge is -2.16. The van der Waals surface area contributed by atoms with Crippen LogP contribution < -0.4 is 0 Å². The second-order valence-corrected chi connectivity index (χ2v) is 6.75. The third-order valence-corrected chi connectivity index (χ3v) is 4.65. The highest BCUT2D eigenvalue weighted by Gasteiger charge is 2.17. The molecule has 1 amide bonds. The van der Waals surface area contributed by atoms with Crippen LogP contribution in [0.1, 0.15) is 16.1 Å². The summed E-state index contributed by atoms with van der Waals surface area (Å²) in [7, 11) is 1.76. The first kappa shape index (κ1) is 17.3. The zero-order valence-electron chi connectivity index (χ0n) is 14.7. The molecular weight excluding hydrogens is 360 g/mol. The fourth-order valence-corrected chi connectivity index (χ4v) is 3.15. The molecule has 2 aromatic heterocycles. The molecule has 0 aliphatic carbocycles. The highest BCUT2D eigenvalue weighted by Crippen LogP contribution is 2.25. The molecule has 0 saturated carbocycles. The fraction of sp³-hybridized carbons (Fsp3) is 0.0909. The van der Waals surface area contributed by atoms with E-state index in [4.69, 9.17) is 16.0 Å². The number of hydrogen-bond donors (Lipinski definition) is 0. The number of pyridine rings is 1. The van der Waals surface area contributed by atoms with E-state index in [9.17, 15) is 4.79 Å². The van der Waals surface area contributed by atoms with Gasteiger partial charge in [0.2, 0.25) is 0 Å². The van der Waals surface area contributed by atoms with Crippen LogP contribution >= 0.6 is 11.6 Å². The number of hydrogen-bond acceptors (Lipinski definition) is 3. The fourth-order valence-electron chi connectivity index (χ4n) is 3.02. The van der Waals surface area contributed by atoms with Gasteiger partial charge in [0.25, 0.3) is 5.91 Å². The molecule has 2 aromatic carbocycles. The van der Waals surface area contributed by atoms with Gasteiger partial charge in [-0.25, -0.2) is 0 Å². The number of carbonyl (C=O) groups is 1. The molecule has 0 radical (unpaired) electrons.